The van der Waals surface area contributed by atoms with E-state index in [-0.39, 0.29) is 18.3 Å². The average molecular weight is 551 g/mol. The molecule has 2 heterocycles. The summed E-state index contributed by atoms with van der Waals surface area (Å²) in [5.41, 5.74) is 6.61. The van der Waals surface area contributed by atoms with E-state index in [1.807, 2.05) is 60.7 Å². The number of aliphatic carboxylic acids is 1. The molecule has 0 radical (unpaired) electrons. The molecular formula is C34H31ClN2O3. The molecule has 5 nitrogen and oxygen atoms in total. The van der Waals surface area contributed by atoms with E-state index in [0.717, 1.165) is 58.1 Å². The first kappa shape index (κ1) is 26.1. The van der Waals surface area contributed by atoms with E-state index in [2.05, 4.69) is 35.4 Å². The molecule has 2 unspecified atom stereocenters. The van der Waals surface area contributed by atoms with Crippen LogP contribution in [0.4, 0.5) is 0 Å². The second kappa shape index (κ2) is 11.2. The predicted octanol–water partition coefficient (Wildman–Crippen LogP) is 8.17. The lowest BCUT2D eigenvalue weighted by atomic mass is 9.76. The van der Waals surface area contributed by atoms with E-state index in [4.69, 9.17) is 21.3 Å². The molecule has 1 aliphatic rings. The van der Waals surface area contributed by atoms with Crippen LogP contribution >= 0.6 is 11.6 Å². The van der Waals surface area contributed by atoms with Gasteiger partial charge in [-0.2, -0.15) is 0 Å². The van der Waals surface area contributed by atoms with Crippen LogP contribution in [0.2, 0.25) is 5.02 Å². The maximum atomic E-state index is 11.7. The van der Waals surface area contributed by atoms with Gasteiger partial charge in [0.05, 0.1) is 11.2 Å². The second-order valence-corrected chi connectivity index (χ2v) is 11.1. The average Bonchev–Trinajstić information content (AvgIpc) is 3.25. The molecule has 1 N–H and O–H groups in total. The van der Waals surface area contributed by atoms with Crippen LogP contribution in [0.3, 0.4) is 0 Å². The molecule has 40 heavy (non-hydrogen) atoms. The van der Waals surface area contributed by atoms with Crippen LogP contribution in [-0.2, 0) is 24.4 Å². The molecule has 2 aromatic heterocycles. The number of halogens is 1. The van der Waals surface area contributed by atoms with E-state index in [9.17, 15) is 9.90 Å². The van der Waals surface area contributed by atoms with Crippen molar-refractivity contribution >= 4 is 39.4 Å². The predicted molar refractivity (Wildman–Crippen MR) is 160 cm³/mol. The summed E-state index contributed by atoms with van der Waals surface area (Å²) >= 11 is 6.16. The molecule has 0 saturated carbocycles. The smallest absolute Gasteiger partial charge is 0.303 e. The van der Waals surface area contributed by atoms with Crippen molar-refractivity contribution in [1.82, 2.24) is 9.55 Å². The Morgan fingerprint density at radius 1 is 1.10 bits per heavy atom. The molecule has 0 spiro atoms. The van der Waals surface area contributed by atoms with Crippen molar-refractivity contribution in [2.24, 2.45) is 5.92 Å². The fraction of sp³-hybridized carbons (Fsp3) is 0.235. The van der Waals surface area contributed by atoms with Crippen molar-refractivity contribution in [1.29, 1.82) is 0 Å². The number of rotatable bonds is 9. The summed E-state index contributed by atoms with van der Waals surface area (Å²) in [5.74, 6) is 0.331. The first-order valence-electron chi connectivity index (χ1n) is 13.7. The highest BCUT2D eigenvalue weighted by Crippen LogP contribution is 2.45. The monoisotopic (exact) mass is 550 g/mol. The number of nitrogens with zero attached hydrogens (tertiary/aromatic N) is 2. The number of benzene rings is 3. The second-order valence-electron chi connectivity index (χ2n) is 10.7. The van der Waals surface area contributed by atoms with Crippen LogP contribution in [0.15, 0.2) is 91.5 Å². The Morgan fingerprint density at radius 3 is 2.73 bits per heavy atom. The molecule has 6 rings (SSSR count). The van der Waals surface area contributed by atoms with Gasteiger partial charge in [0.1, 0.15) is 12.4 Å². The topological polar surface area (TPSA) is 64.3 Å². The van der Waals surface area contributed by atoms with Crippen LogP contribution in [-0.4, -0.2) is 20.6 Å². The zero-order chi connectivity index (χ0) is 27.6. The fourth-order valence-corrected chi connectivity index (χ4v) is 6.30. The van der Waals surface area contributed by atoms with E-state index < -0.39 is 5.97 Å². The molecule has 3 aromatic carbocycles. The molecule has 0 saturated heterocycles. The SMILES string of the molecule is C=CCC1CC(CC(=O)O)Cc2c1c1cc(OCc3ccc4ccccc4n3)ccc1n2Cc1ccc(Cl)cc1. The van der Waals surface area contributed by atoms with Gasteiger partial charge in [-0.25, -0.2) is 4.98 Å². The Kier molecular flexibility index (Phi) is 7.31. The van der Waals surface area contributed by atoms with Crippen molar-refractivity contribution in [3.8, 4) is 5.75 Å². The molecule has 202 valence electrons. The Bertz CT molecular complexity index is 1710. The number of carbonyl (C=O) groups is 1. The van der Waals surface area contributed by atoms with Gasteiger partial charge in [0.2, 0.25) is 0 Å². The highest BCUT2D eigenvalue weighted by atomic mass is 35.5. The van der Waals surface area contributed by atoms with Crippen LogP contribution in [0, 0.1) is 5.92 Å². The van der Waals surface area contributed by atoms with Crippen LogP contribution in [0.1, 0.15) is 47.7 Å². The van der Waals surface area contributed by atoms with Gasteiger partial charge in [-0.05, 0) is 84.7 Å². The molecule has 0 aliphatic heterocycles. The number of hydrogen-bond acceptors (Lipinski definition) is 3. The summed E-state index contributed by atoms with van der Waals surface area (Å²) < 4.78 is 8.62. The Balaban J connectivity index is 1.39. The third-order valence-corrected chi connectivity index (χ3v) is 8.16. The number of fused-ring (bicyclic) bond motifs is 4. The first-order valence-corrected chi connectivity index (χ1v) is 14.1. The van der Waals surface area contributed by atoms with Gasteiger partial charge in [-0.1, -0.05) is 54.1 Å². The first-order chi connectivity index (χ1) is 19.5. The van der Waals surface area contributed by atoms with E-state index in [1.165, 1.54) is 11.3 Å². The highest BCUT2D eigenvalue weighted by Gasteiger charge is 2.33. The quantitative estimate of drug-likeness (QED) is 0.188. The number of para-hydroxylation sites is 1. The lowest BCUT2D eigenvalue weighted by molar-refractivity contribution is -0.138. The van der Waals surface area contributed by atoms with Crippen molar-refractivity contribution in [3.63, 3.8) is 0 Å². The van der Waals surface area contributed by atoms with E-state index >= 15 is 0 Å². The van der Waals surface area contributed by atoms with Gasteiger partial charge in [0.15, 0.2) is 0 Å². The molecule has 0 amide bonds. The summed E-state index contributed by atoms with van der Waals surface area (Å²) in [7, 11) is 0. The molecule has 0 bridgehead atoms. The summed E-state index contributed by atoms with van der Waals surface area (Å²) in [6.45, 7) is 5.07. The molecule has 0 fully saturated rings. The summed E-state index contributed by atoms with van der Waals surface area (Å²) in [4.78, 5) is 16.4. The minimum atomic E-state index is -0.746. The summed E-state index contributed by atoms with van der Waals surface area (Å²) in [5, 5.41) is 12.6. The Morgan fingerprint density at radius 2 is 1.93 bits per heavy atom. The van der Waals surface area contributed by atoms with Gasteiger partial charge < -0.3 is 14.4 Å². The number of ether oxygens (including phenoxy) is 1. The molecule has 1 aliphatic carbocycles. The number of aromatic nitrogens is 2. The number of allylic oxidation sites excluding steroid dienone is 1. The fourth-order valence-electron chi connectivity index (χ4n) is 6.17. The minimum absolute atomic E-state index is 0.0814. The van der Waals surface area contributed by atoms with Gasteiger partial charge in [-0.3, -0.25) is 4.79 Å². The molecule has 6 heteroatoms. The van der Waals surface area contributed by atoms with Gasteiger partial charge in [0, 0.05) is 40.0 Å². The van der Waals surface area contributed by atoms with Gasteiger partial charge >= 0.3 is 5.97 Å². The standard InChI is InChI=1S/C34H31ClN2O3/c1-2-5-25-16-23(18-33(38)39)17-32-34(25)29-19-28(40-21-27-13-10-24-6-3-4-7-30(24)36-27)14-15-31(29)37(32)20-22-8-11-26(35)12-9-22/h2-4,6-15,19,23,25H,1,5,16-18,20-21H2,(H,38,39). The Hall–Kier alpha value is -4.09. The normalized spacial score (nSPS) is 16.6. The zero-order valence-electron chi connectivity index (χ0n) is 22.2. The highest BCUT2D eigenvalue weighted by molar-refractivity contribution is 6.30. The van der Waals surface area contributed by atoms with Crippen LogP contribution in [0.25, 0.3) is 21.8 Å². The maximum Gasteiger partial charge on any atom is 0.303 e. The van der Waals surface area contributed by atoms with Crippen molar-refractivity contribution < 1.29 is 14.6 Å². The minimum Gasteiger partial charge on any atom is -0.487 e. The summed E-state index contributed by atoms with van der Waals surface area (Å²) in [6.07, 6.45) is 4.48. The third kappa shape index (κ3) is 5.34. The number of carboxylic acids is 1. The number of pyridine rings is 1. The van der Waals surface area contributed by atoms with Crippen molar-refractivity contribution in [2.75, 3.05) is 0 Å². The van der Waals surface area contributed by atoms with Crippen LogP contribution < -0.4 is 4.74 Å². The number of carboxylic acid groups (broad SMARTS) is 1. The molecular weight excluding hydrogens is 520 g/mol. The number of hydrogen-bond donors (Lipinski definition) is 1. The lowest BCUT2D eigenvalue weighted by Gasteiger charge is -2.30. The largest absolute Gasteiger partial charge is 0.487 e. The zero-order valence-corrected chi connectivity index (χ0v) is 23.0. The van der Waals surface area contributed by atoms with Crippen molar-refractivity contribution in [2.45, 2.75) is 44.8 Å². The maximum absolute atomic E-state index is 11.7. The molecule has 2 atom stereocenters. The third-order valence-electron chi connectivity index (χ3n) is 7.91. The van der Waals surface area contributed by atoms with E-state index in [1.54, 1.807) is 0 Å². The summed E-state index contributed by atoms with van der Waals surface area (Å²) in [6, 6.07) is 26.4. The van der Waals surface area contributed by atoms with Gasteiger partial charge in [0.25, 0.3) is 0 Å². The van der Waals surface area contributed by atoms with E-state index in [0.29, 0.717) is 18.2 Å². The van der Waals surface area contributed by atoms with Gasteiger partial charge in [-0.15, -0.1) is 6.58 Å². The lowest BCUT2D eigenvalue weighted by Crippen LogP contribution is -2.22. The van der Waals surface area contributed by atoms with Crippen molar-refractivity contribution in [3.05, 3.63) is 119 Å². The Labute approximate surface area is 238 Å². The molecule has 5 aromatic rings. The van der Waals surface area contributed by atoms with Crippen LogP contribution in [0.5, 0.6) is 5.75 Å².